The third-order valence-corrected chi connectivity index (χ3v) is 6.30. The van der Waals surface area contributed by atoms with Crippen molar-refractivity contribution < 1.29 is 24.2 Å². The molecule has 0 unspecified atom stereocenters. The van der Waals surface area contributed by atoms with Crippen molar-refractivity contribution in [3.8, 4) is 0 Å². The lowest BCUT2D eigenvalue weighted by Gasteiger charge is -2.37. The quantitative estimate of drug-likeness (QED) is 0.189. The Bertz CT molecular complexity index is 780. The van der Waals surface area contributed by atoms with Gasteiger partial charge in [0.05, 0.1) is 13.2 Å². The third kappa shape index (κ3) is 7.74. The Kier molecular flexibility index (Phi) is 12.2. The Balaban J connectivity index is 3.17. The second kappa shape index (κ2) is 14.1. The van der Waals surface area contributed by atoms with Gasteiger partial charge >= 0.3 is 5.97 Å². The number of methoxy groups -OCH3 is 1. The second-order valence-corrected chi connectivity index (χ2v) is 8.80. The number of hydrogen-bond donors (Lipinski definition) is 1. The molecule has 10 nitrogen and oxygen atoms in total. The van der Waals surface area contributed by atoms with Gasteiger partial charge in [-0.15, -0.1) is 11.3 Å². The summed E-state index contributed by atoms with van der Waals surface area (Å²) in [5.74, 6) is -0.956. The molecule has 0 bridgehead atoms. The van der Waals surface area contributed by atoms with Gasteiger partial charge in [0, 0.05) is 36.4 Å². The summed E-state index contributed by atoms with van der Waals surface area (Å²) < 4.78 is 10.2. The number of ether oxygens (including phenoxy) is 2. The molecule has 1 aromatic rings. The van der Waals surface area contributed by atoms with Crippen molar-refractivity contribution in [1.29, 1.82) is 0 Å². The van der Waals surface area contributed by atoms with E-state index in [-0.39, 0.29) is 42.5 Å². The second-order valence-electron chi connectivity index (χ2n) is 7.91. The van der Waals surface area contributed by atoms with Gasteiger partial charge in [-0.3, -0.25) is 4.79 Å². The van der Waals surface area contributed by atoms with E-state index < -0.39 is 18.1 Å². The molecule has 32 heavy (non-hydrogen) atoms. The van der Waals surface area contributed by atoms with E-state index in [2.05, 4.69) is 15.0 Å². The average molecular weight is 470 g/mol. The summed E-state index contributed by atoms with van der Waals surface area (Å²) >= 11 is 1.17. The molecule has 0 radical (unpaired) electrons. The molecule has 0 aliphatic heterocycles. The molecule has 1 rings (SSSR count). The topological polar surface area (TPSA) is 138 Å². The van der Waals surface area contributed by atoms with Gasteiger partial charge in [-0.05, 0) is 24.3 Å². The first kappa shape index (κ1) is 27.8. The summed E-state index contributed by atoms with van der Waals surface area (Å²) in [6.07, 6.45) is -0.0834. The zero-order valence-electron chi connectivity index (χ0n) is 19.7. The minimum absolute atomic E-state index is 0.00130. The summed E-state index contributed by atoms with van der Waals surface area (Å²) in [5.41, 5.74) is 9.15. The van der Waals surface area contributed by atoms with Crippen LogP contribution in [0.4, 0.5) is 0 Å². The number of esters is 1. The predicted molar refractivity (Wildman–Crippen MR) is 122 cm³/mol. The highest BCUT2D eigenvalue weighted by atomic mass is 32.1. The molecule has 0 saturated carbocycles. The molecule has 0 aromatic carbocycles. The van der Waals surface area contributed by atoms with Gasteiger partial charge in [0.1, 0.15) is 17.2 Å². The van der Waals surface area contributed by atoms with E-state index >= 15 is 0 Å². The number of nitrogens with zero attached hydrogens (tertiary/aromatic N) is 5. The highest BCUT2D eigenvalue weighted by Gasteiger charge is 2.35. The van der Waals surface area contributed by atoms with Crippen LogP contribution >= 0.6 is 11.3 Å². The fourth-order valence-electron chi connectivity index (χ4n) is 3.31. The fraction of sp³-hybridized carbons (Fsp3) is 0.762. The van der Waals surface area contributed by atoms with Crippen LogP contribution in [0.3, 0.4) is 0 Å². The number of carbonyl (C=O) groups excluding carboxylic acids is 2. The van der Waals surface area contributed by atoms with Crippen molar-refractivity contribution in [1.82, 2.24) is 9.88 Å². The molecule has 1 aromatic heterocycles. The van der Waals surface area contributed by atoms with Crippen molar-refractivity contribution in [2.75, 3.05) is 26.9 Å². The maximum absolute atomic E-state index is 13.4. The lowest BCUT2D eigenvalue weighted by atomic mass is 9.93. The van der Waals surface area contributed by atoms with Gasteiger partial charge in [-0.2, -0.15) is 0 Å². The molecule has 0 saturated heterocycles. The monoisotopic (exact) mass is 469 g/mol. The Morgan fingerprint density at radius 3 is 2.56 bits per heavy atom. The van der Waals surface area contributed by atoms with Gasteiger partial charge in [0.25, 0.3) is 0 Å². The predicted octanol–water partition coefficient (Wildman–Crippen LogP) is 3.97. The third-order valence-electron chi connectivity index (χ3n) is 5.36. The van der Waals surface area contributed by atoms with Crippen molar-refractivity contribution in [3.05, 3.63) is 26.5 Å². The Hall–Kier alpha value is -2.20. The lowest BCUT2D eigenvalue weighted by Crippen LogP contribution is -2.50. The van der Waals surface area contributed by atoms with Crippen LogP contribution in [0.2, 0.25) is 0 Å². The standard InChI is InChI=1S/C21H35N5O5S/c1-7-14(5)18(24-25-22)20(28)26(9-10-30-6)16(13(3)4)11-17(27)19-23-15(12-32-19)21(29)31-8-2/h12-14,16-18,27H,7-11H2,1-6H3/t14-,16-,17-,18+/m1/s1. The normalized spacial score (nSPS) is 14.9. The molecule has 1 N–H and O–H groups in total. The first-order chi connectivity index (χ1) is 15.2. The average Bonchev–Trinajstić information content (AvgIpc) is 3.26. The van der Waals surface area contributed by atoms with E-state index in [1.54, 1.807) is 24.3 Å². The zero-order valence-corrected chi connectivity index (χ0v) is 20.5. The van der Waals surface area contributed by atoms with Crippen LogP contribution in [0.1, 0.15) is 69.1 Å². The summed E-state index contributed by atoms with van der Waals surface area (Å²) in [6.45, 7) is 10.3. The van der Waals surface area contributed by atoms with Crippen LogP contribution in [0.15, 0.2) is 10.5 Å². The van der Waals surface area contributed by atoms with E-state index in [4.69, 9.17) is 15.0 Å². The fourth-order valence-corrected chi connectivity index (χ4v) is 4.10. The molecule has 180 valence electrons. The summed E-state index contributed by atoms with van der Waals surface area (Å²) in [4.78, 5) is 34.0. The molecule has 0 aliphatic rings. The number of rotatable bonds is 14. The number of aliphatic hydroxyl groups is 1. The SMILES string of the molecule is CCOC(=O)c1csc([C@H](O)C[C@H](C(C)C)N(CCOC)C(=O)[C@@H](N=[N+]=[N-])[C@H](C)CC)n1. The Morgan fingerprint density at radius 1 is 1.34 bits per heavy atom. The van der Waals surface area contributed by atoms with Gasteiger partial charge < -0.3 is 19.5 Å². The van der Waals surface area contributed by atoms with Crippen molar-refractivity contribution in [2.24, 2.45) is 17.0 Å². The van der Waals surface area contributed by atoms with Crippen LogP contribution in [-0.4, -0.2) is 65.8 Å². The van der Waals surface area contributed by atoms with Crippen molar-refractivity contribution >= 4 is 23.2 Å². The smallest absolute Gasteiger partial charge is 0.357 e. The highest BCUT2D eigenvalue weighted by Crippen LogP contribution is 2.29. The summed E-state index contributed by atoms with van der Waals surface area (Å²) in [7, 11) is 1.55. The number of azide groups is 1. The molecule has 1 amide bonds. The van der Waals surface area contributed by atoms with E-state index in [9.17, 15) is 14.7 Å². The van der Waals surface area contributed by atoms with E-state index in [1.165, 1.54) is 11.3 Å². The Labute approximate surface area is 193 Å². The minimum atomic E-state index is -0.977. The van der Waals surface area contributed by atoms with E-state index in [1.807, 2.05) is 27.7 Å². The number of carbonyl (C=O) groups is 2. The van der Waals surface area contributed by atoms with Gasteiger partial charge in [0.15, 0.2) is 5.69 Å². The number of amides is 1. The molecule has 11 heteroatoms. The molecule has 0 fully saturated rings. The van der Waals surface area contributed by atoms with E-state index in [0.29, 0.717) is 24.6 Å². The van der Waals surface area contributed by atoms with Crippen molar-refractivity contribution in [2.45, 2.75) is 65.6 Å². The number of aliphatic hydroxyl groups excluding tert-OH is 1. The number of hydrogen-bond acceptors (Lipinski definition) is 8. The van der Waals surface area contributed by atoms with Crippen molar-refractivity contribution in [3.63, 3.8) is 0 Å². The first-order valence-electron chi connectivity index (χ1n) is 10.9. The zero-order chi connectivity index (χ0) is 24.3. The molecule has 4 atom stereocenters. The van der Waals surface area contributed by atoms with Gasteiger partial charge in [-0.25, -0.2) is 9.78 Å². The maximum atomic E-state index is 13.4. The summed E-state index contributed by atoms with van der Waals surface area (Å²) in [6, 6.07) is -1.20. The van der Waals surface area contributed by atoms with Gasteiger partial charge in [-0.1, -0.05) is 39.2 Å². The molecular formula is C21H35N5O5S. The molecule has 0 aliphatic carbocycles. The number of thiazole rings is 1. The highest BCUT2D eigenvalue weighted by molar-refractivity contribution is 7.09. The molecule has 1 heterocycles. The Morgan fingerprint density at radius 2 is 2.03 bits per heavy atom. The minimum Gasteiger partial charge on any atom is -0.461 e. The molecular weight excluding hydrogens is 434 g/mol. The van der Waals surface area contributed by atoms with Crippen LogP contribution in [0.5, 0.6) is 0 Å². The van der Waals surface area contributed by atoms with Crippen LogP contribution in [0.25, 0.3) is 10.4 Å². The lowest BCUT2D eigenvalue weighted by molar-refractivity contribution is -0.138. The maximum Gasteiger partial charge on any atom is 0.357 e. The largest absolute Gasteiger partial charge is 0.461 e. The number of aromatic nitrogens is 1. The first-order valence-corrected chi connectivity index (χ1v) is 11.7. The van der Waals surface area contributed by atoms with Crippen LogP contribution < -0.4 is 0 Å². The van der Waals surface area contributed by atoms with Crippen LogP contribution in [0, 0.1) is 11.8 Å². The van der Waals surface area contributed by atoms with E-state index in [0.717, 1.165) is 0 Å². The van der Waals surface area contributed by atoms with Crippen LogP contribution in [-0.2, 0) is 14.3 Å². The summed E-state index contributed by atoms with van der Waals surface area (Å²) in [5, 5.41) is 16.6. The molecule has 0 spiro atoms. The van der Waals surface area contributed by atoms with Gasteiger partial charge in [0.2, 0.25) is 5.91 Å².